The number of ether oxygens (including phenoxy) is 1. The summed E-state index contributed by atoms with van der Waals surface area (Å²) in [6.45, 7) is 7.16. The quantitative estimate of drug-likeness (QED) is 0.431. The Bertz CT molecular complexity index is 91.2. The third-order valence-electron chi connectivity index (χ3n) is 0.631. The smallest absolute Gasteiger partial charge is 0.128 e. The minimum atomic E-state index is 0.0856. The van der Waals surface area contributed by atoms with Crippen LogP contribution in [-0.2, 0) is 4.74 Å². The van der Waals surface area contributed by atoms with E-state index in [1.165, 1.54) is 0 Å². The third kappa shape index (κ3) is 5.35. The SMILES string of the molecule is C=CC(I)OC(I)C=C. The molecule has 0 spiro atoms. The maximum absolute atomic E-state index is 5.29. The summed E-state index contributed by atoms with van der Waals surface area (Å²) < 4.78 is 5.46. The molecule has 0 aromatic rings. The first-order chi connectivity index (χ1) is 4.20. The van der Waals surface area contributed by atoms with Crippen molar-refractivity contribution in [3.05, 3.63) is 25.3 Å². The largest absolute Gasteiger partial charge is 0.346 e. The Balaban J connectivity index is 3.45. The van der Waals surface area contributed by atoms with E-state index in [0.29, 0.717) is 0 Å². The van der Waals surface area contributed by atoms with Crippen LogP contribution in [0.25, 0.3) is 0 Å². The molecule has 0 amide bonds. The Labute approximate surface area is 82.8 Å². The lowest BCUT2D eigenvalue weighted by atomic mass is 10.6. The first-order valence-electron chi connectivity index (χ1n) is 2.39. The van der Waals surface area contributed by atoms with Crippen LogP contribution in [0.5, 0.6) is 0 Å². The van der Waals surface area contributed by atoms with Crippen molar-refractivity contribution in [2.24, 2.45) is 0 Å². The van der Waals surface area contributed by atoms with Crippen LogP contribution >= 0.6 is 45.2 Å². The molecule has 0 aromatic carbocycles. The van der Waals surface area contributed by atoms with Crippen molar-refractivity contribution >= 4 is 45.2 Å². The van der Waals surface area contributed by atoms with Crippen molar-refractivity contribution in [3.63, 3.8) is 0 Å². The van der Waals surface area contributed by atoms with E-state index >= 15 is 0 Å². The Morgan fingerprint density at radius 2 is 1.44 bits per heavy atom. The van der Waals surface area contributed by atoms with Gasteiger partial charge in [-0.05, 0) is 45.2 Å². The van der Waals surface area contributed by atoms with E-state index in [4.69, 9.17) is 4.74 Å². The molecule has 1 nitrogen and oxygen atoms in total. The fraction of sp³-hybridized carbons (Fsp3) is 0.333. The zero-order valence-electron chi connectivity index (χ0n) is 4.89. The van der Waals surface area contributed by atoms with E-state index in [1.807, 2.05) is 0 Å². The van der Waals surface area contributed by atoms with Crippen LogP contribution in [0.1, 0.15) is 0 Å². The Kier molecular flexibility index (Phi) is 6.23. The molecule has 0 heterocycles. The van der Waals surface area contributed by atoms with Gasteiger partial charge in [-0.15, -0.1) is 0 Å². The Morgan fingerprint density at radius 3 is 1.67 bits per heavy atom. The van der Waals surface area contributed by atoms with Crippen LogP contribution in [0.2, 0.25) is 0 Å². The van der Waals surface area contributed by atoms with Crippen LogP contribution in [0.3, 0.4) is 0 Å². The highest BCUT2D eigenvalue weighted by atomic mass is 127. The highest BCUT2D eigenvalue weighted by Gasteiger charge is 2.01. The molecule has 52 valence electrons. The summed E-state index contributed by atoms with van der Waals surface area (Å²) in [6.07, 6.45) is 3.49. The first kappa shape index (κ1) is 9.90. The average molecular weight is 350 g/mol. The van der Waals surface area contributed by atoms with Gasteiger partial charge in [0.1, 0.15) is 8.22 Å². The minimum absolute atomic E-state index is 0.0856. The number of hydrogen-bond donors (Lipinski definition) is 0. The van der Waals surface area contributed by atoms with E-state index in [9.17, 15) is 0 Å². The van der Waals surface area contributed by atoms with Crippen molar-refractivity contribution < 1.29 is 4.74 Å². The van der Waals surface area contributed by atoms with Crippen LogP contribution in [0, 0.1) is 0 Å². The van der Waals surface area contributed by atoms with Crippen molar-refractivity contribution in [1.82, 2.24) is 0 Å². The van der Waals surface area contributed by atoms with Crippen LogP contribution in [-0.4, -0.2) is 8.22 Å². The fourth-order valence-electron chi connectivity index (χ4n) is 0.235. The normalized spacial score (nSPS) is 16.2. The summed E-state index contributed by atoms with van der Waals surface area (Å²) in [6, 6.07) is 0. The van der Waals surface area contributed by atoms with Crippen molar-refractivity contribution in [1.29, 1.82) is 0 Å². The number of halogens is 2. The average Bonchev–Trinajstić information content (AvgIpc) is 1.87. The standard InChI is InChI=1S/C6H8I2O/c1-3-5(7)9-6(8)4-2/h3-6H,1-2H2. The van der Waals surface area contributed by atoms with Gasteiger partial charge in [-0.3, -0.25) is 0 Å². The molecule has 0 bridgehead atoms. The second-order valence-electron chi connectivity index (χ2n) is 1.31. The predicted molar refractivity (Wildman–Crippen MR) is 57.1 cm³/mol. The van der Waals surface area contributed by atoms with Crippen molar-refractivity contribution in [2.45, 2.75) is 8.22 Å². The monoisotopic (exact) mass is 350 g/mol. The third-order valence-corrected chi connectivity index (χ3v) is 2.23. The molecule has 9 heavy (non-hydrogen) atoms. The van der Waals surface area contributed by atoms with E-state index in [0.717, 1.165) is 0 Å². The summed E-state index contributed by atoms with van der Waals surface area (Å²) >= 11 is 4.30. The number of alkyl halides is 2. The van der Waals surface area contributed by atoms with Crippen LogP contribution in [0.4, 0.5) is 0 Å². The zero-order chi connectivity index (χ0) is 7.28. The number of rotatable bonds is 4. The van der Waals surface area contributed by atoms with E-state index in [2.05, 4.69) is 58.3 Å². The van der Waals surface area contributed by atoms with E-state index in [1.54, 1.807) is 12.2 Å². The van der Waals surface area contributed by atoms with Gasteiger partial charge < -0.3 is 4.74 Å². The van der Waals surface area contributed by atoms with Gasteiger partial charge in [0.05, 0.1) is 0 Å². The molecule has 0 rings (SSSR count). The fourth-order valence-corrected chi connectivity index (χ4v) is 1.43. The summed E-state index contributed by atoms with van der Waals surface area (Å²) in [4.78, 5) is 0. The molecule has 0 fully saturated rings. The number of hydrogen-bond acceptors (Lipinski definition) is 1. The van der Waals surface area contributed by atoms with Gasteiger partial charge in [0.15, 0.2) is 0 Å². The molecule has 3 heteroatoms. The molecule has 0 aromatic heterocycles. The molecule has 2 atom stereocenters. The second kappa shape index (κ2) is 5.67. The lowest BCUT2D eigenvalue weighted by Crippen LogP contribution is -2.05. The topological polar surface area (TPSA) is 9.23 Å². The minimum Gasteiger partial charge on any atom is -0.346 e. The lowest BCUT2D eigenvalue weighted by Gasteiger charge is -2.08. The predicted octanol–water partition coefficient (Wildman–Crippen LogP) is 2.90. The summed E-state index contributed by atoms with van der Waals surface area (Å²) in [5.41, 5.74) is 0. The van der Waals surface area contributed by atoms with E-state index < -0.39 is 0 Å². The van der Waals surface area contributed by atoms with Crippen LogP contribution < -0.4 is 0 Å². The molecule has 0 aliphatic heterocycles. The second-order valence-corrected chi connectivity index (χ2v) is 3.77. The molecular weight excluding hydrogens is 342 g/mol. The molecule has 0 radical (unpaired) electrons. The molecular formula is C6H8I2O. The highest BCUT2D eigenvalue weighted by Crippen LogP contribution is 2.12. The highest BCUT2D eigenvalue weighted by molar-refractivity contribution is 14.1. The van der Waals surface area contributed by atoms with Crippen LogP contribution in [0.15, 0.2) is 25.3 Å². The van der Waals surface area contributed by atoms with Gasteiger partial charge in [0.25, 0.3) is 0 Å². The van der Waals surface area contributed by atoms with Crippen molar-refractivity contribution in [2.75, 3.05) is 0 Å². The first-order valence-corrected chi connectivity index (χ1v) is 4.88. The van der Waals surface area contributed by atoms with Gasteiger partial charge >= 0.3 is 0 Å². The van der Waals surface area contributed by atoms with Gasteiger partial charge in [0, 0.05) is 0 Å². The van der Waals surface area contributed by atoms with Crippen molar-refractivity contribution in [3.8, 4) is 0 Å². The summed E-state index contributed by atoms with van der Waals surface area (Å²) in [5.74, 6) is 0. The molecule has 0 saturated heterocycles. The maximum Gasteiger partial charge on any atom is 0.128 e. The maximum atomic E-state index is 5.29. The molecule has 0 aliphatic carbocycles. The molecule has 0 aliphatic rings. The molecule has 0 saturated carbocycles. The molecule has 0 N–H and O–H groups in total. The summed E-state index contributed by atoms with van der Waals surface area (Å²) in [5, 5.41) is 0. The lowest BCUT2D eigenvalue weighted by molar-refractivity contribution is 0.168. The van der Waals surface area contributed by atoms with E-state index in [-0.39, 0.29) is 8.22 Å². The van der Waals surface area contributed by atoms with Gasteiger partial charge in [-0.2, -0.15) is 0 Å². The zero-order valence-corrected chi connectivity index (χ0v) is 9.20. The van der Waals surface area contributed by atoms with Gasteiger partial charge in [0.2, 0.25) is 0 Å². The Hall–Kier alpha value is 0.900. The van der Waals surface area contributed by atoms with Gasteiger partial charge in [-0.25, -0.2) is 0 Å². The molecule has 2 unspecified atom stereocenters. The summed E-state index contributed by atoms with van der Waals surface area (Å²) in [7, 11) is 0. The van der Waals surface area contributed by atoms with Gasteiger partial charge in [-0.1, -0.05) is 25.3 Å². The Morgan fingerprint density at radius 1 is 1.11 bits per heavy atom.